The topological polar surface area (TPSA) is 35.5 Å². The molecule has 200 valence electrons. The summed E-state index contributed by atoms with van der Waals surface area (Å²) >= 11 is 0. The minimum Gasteiger partial charge on any atom is -0.487 e. The van der Waals surface area contributed by atoms with Gasteiger partial charge >= 0.3 is 5.97 Å². The summed E-state index contributed by atoms with van der Waals surface area (Å²) in [6, 6.07) is 1.89. The minimum absolute atomic E-state index is 0.0268. The number of halogens is 2. The molecule has 3 nitrogen and oxygen atoms in total. The lowest BCUT2D eigenvalue weighted by Gasteiger charge is -2.37. The van der Waals surface area contributed by atoms with Crippen molar-refractivity contribution in [2.75, 3.05) is 0 Å². The SMILES string of the molecule is CCC1CCC(OC(=O)C2CCC(C3CCc4cc(C5CCC(C)CC5)c(F)c(F)c4O3)CC2)CC1. The molecule has 36 heavy (non-hydrogen) atoms. The molecule has 1 unspecified atom stereocenters. The highest BCUT2D eigenvalue weighted by molar-refractivity contribution is 5.72. The zero-order valence-electron chi connectivity index (χ0n) is 22.2. The molecule has 5 heteroatoms. The van der Waals surface area contributed by atoms with Crippen LogP contribution in [0.5, 0.6) is 5.75 Å². The van der Waals surface area contributed by atoms with Crippen LogP contribution in [0, 0.1) is 35.3 Å². The van der Waals surface area contributed by atoms with Crippen LogP contribution in [0.25, 0.3) is 0 Å². The Labute approximate surface area is 215 Å². The molecule has 1 atom stereocenters. The van der Waals surface area contributed by atoms with Crippen molar-refractivity contribution in [3.05, 3.63) is 28.8 Å². The van der Waals surface area contributed by atoms with Crippen LogP contribution in [0.15, 0.2) is 6.07 Å². The summed E-state index contributed by atoms with van der Waals surface area (Å²) in [6.45, 7) is 4.48. The van der Waals surface area contributed by atoms with Crippen LogP contribution < -0.4 is 4.74 Å². The number of carbonyl (C=O) groups excluding carboxylic acids is 1. The minimum atomic E-state index is -0.791. The van der Waals surface area contributed by atoms with Gasteiger partial charge in [-0.25, -0.2) is 4.39 Å². The molecule has 0 N–H and O–H groups in total. The molecular weight excluding hydrogens is 458 g/mol. The summed E-state index contributed by atoms with van der Waals surface area (Å²) < 4.78 is 42.3. The molecule has 1 aromatic carbocycles. The van der Waals surface area contributed by atoms with E-state index in [1.807, 2.05) is 6.07 Å². The summed E-state index contributed by atoms with van der Waals surface area (Å²) in [5, 5.41) is 0. The van der Waals surface area contributed by atoms with Crippen LogP contribution >= 0.6 is 0 Å². The summed E-state index contributed by atoms with van der Waals surface area (Å²) in [5.74, 6) is 0.456. The molecular formula is C31H44F2O3. The summed E-state index contributed by atoms with van der Waals surface area (Å²) in [5.41, 5.74) is 1.39. The van der Waals surface area contributed by atoms with E-state index in [4.69, 9.17) is 9.47 Å². The number of ether oxygens (including phenoxy) is 2. The standard InChI is InChI=1S/C31H44F2O3/c1-3-20-6-15-25(16-7-20)35-31(34)23-12-10-22(11-13-23)27-17-14-24-18-26(21-8-4-19(2)5-9-21)28(32)29(33)30(24)36-27/h18-23,25,27H,3-17H2,1-2H3. The summed E-state index contributed by atoms with van der Waals surface area (Å²) in [4.78, 5) is 12.8. The Kier molecular flexibility index (Phi) is 8.22. The second kappa shape index (κ2) is 11.4. The Hall–Kier alpha value is -1.65. The Morgan fingerprint density at radius 3 is 2.28 bits per heavy atom. The summed E-state index contributed by atoms with van der Waals surface area (Å²) in [7, 11) is 0. The normalized spacial score (nSPS) is 34.9. The van der Waals surface area contributed by atoms with Gasteiger partial charge in [-0.2, -0.15) is 4.39 Å². The largest absolute Gasteiger partial charge is 0.487 e. The smallest absolute Gasteiger partial charge is 0.309 e. The number of esters is 1. The van der Waals surface area contributed by atoms with Crippen molar-refractivity contribution in [2.24, 2.45) is 23.7 Å². The molecule has 0 spiro atoms. The lowest BCUT2D eigenvalue weighted by molar-refractivity contribution is -0.157. The van der Waals surface area contributed by atoms with Gasteiger partial charge in [0, 0.05) is 0 Å². The molecule has 4 aliphatic rings. The third kappa shape index (κ3) is 5.60. The van der Waals surface area contributed by atoms with Gasteiger partial charge in [0.25, 0.3) is 0 Å². The van der Waals surface area contributed by atoms with Crippen LogP contribution in [0.3, 0.4) is 0 Å². The van der Waals surface area contributed by atoms with Crippen molar-refractivity contribution in [1.29, 1.82) is 0 Å². The molecule has 0 amide bonds. The second-order valence-corrected chi connectivity index (χ2v) is 12.3. The molecule has 0 saturated heterocycles. The van der Waals surface area contributed by atoms with Crippen molar-refractivity contribution in [1.82, 2.24) is 0 Å². The molecule has 0 bridgehead atoms. The van der Waals surface area contributed by atoms with Gasteiger partial charge in [0.2, 0.25) is 5.82 Å². The number of fused-ring (bicyclic) bond motifs is 1. The van der Waals surface area contributed by atoms with E-state index in [1.165, 1.54) is 19.3 Å². The van der Waals surface area contributed by atoms with Gasteiger partial charge in [-0.15, -0.1) is 0 Å². The lowest BCUT2D eigenvalue weighted by Crippen LogP contribution is -2.36. The van der Waals surface area contributed by atoms with Gasteiger partial charge in [-0.3, -0.25) is 4.79 Å². The maximum Gasteiger partial charge on any atom is 0.309 e. The lowest BCUT2D eigenvalue weighted by atomic mass is 9.76. The fraction of sp³-hybridized carbons (Fsp3) is 0.774. The van der Waals surface area contributed by atoms with Crippen molar-refractivity contribution in [3.8, 4) is 5.75 Å². The van der Waals surface area contributed by atoms with Gasteiger partial charge < -0.3 is 9.47 Å². The van der Waals surface area contributed by atoms with Crippen molar-refractivity contribution < 1.29 is 23.0 Å². The highest BCUT2D eigenvalue weighted by Crippen LogP contribution is 2.44. The maximum atomic E-state index is 15.2. The van der Waals surface area contributed by atoms with E-state index in [-0.39, 0.29) is 41.7 Å². The van der Waals surface area contributed by atoms with Crippen LogP contribution in [-0.2, 0) is 16.0 Å². The van der Waals surface area contributed by atoms with Crippen LogP contribution in [0.2, 0.25) is 0 Å². The number of carbonyl (C=O) groups is 1. The number of benzene rings is 1. The Balaban J connectivity index is 1.15. The average molecular weight is 503 g/mol. The molecule has 0 aromatic heterocycles. The third-order valence-corrected chi connectivity index (χ3v) is 9.97. The van der Waals surface area contributed by atoms with Crippen molar-refractivity contribution in [3.63, 3.8) is 0 Å². The first-order valence-electron chi connectivity index (χ1n) is 14.8. The number of hydrogen-bond acceptors (Lipinski definition) is 3. The van der Waals surface area contributed by atoms with Crippen molar-refractivity contribution >= 4 is 5.97 Å². The fourth-order valence-electron chi connectivity index (χ4n) is 7.35. The van der Waals surface area contributed by atoms with E-state index in [0.29, 0.717) is 11.5 Å². The Bertz CT molecular complexity index is 907. The van der Waals surface area contributed by atoms with Crippen LogP contribution in [0.4, 0.5) is 8.78 Å². The van der Waals surface area contributed by atoms with Gasteiger partial charge in [0.15, 0.2) is 11.6 Å². The number of aryl methyl sites for hydroxylation is 1. The van der Waals surface area contributed by atoms with E-state index < -0.39 is 11.6 Å². The van der Waals surface area contributed by atoms with E-state index in [0.717, 1.165) is 88.5 Å². The molecule has 0 radical (unpaired) electrons. The van der Waals surface area contributed by atoms with Gasteiger partial charge in [0.1, 0.15) is 12.2 Å². The maximum absolute atomic E-state index is 15.2. The fourth-order valence-corrected chi connectivity index (χ4v) is 7.35. The summed E-state index contributed by atoms with van der Waals surface area (Å²) in [6.07, 6.45) is 14.5. The number of hydrogen-bond donors (Lipinski definition) is 0. The first-order chi connectivity index (χ1) is 17.4. The first kappa shape index (κ1) is 26.0. The Morgan fingerprint density at radius 1 is 0.917 bits per heavy atom. The van der Waals surface area contributed by atoms with Gasteiger partial charge in [-0.05, 0) is 118 Å². The highest BCUT2D eigenvalue weighted by atomic mass is 19.2. The molecule has 1 aromatic rings. The molecule has 1 aliphatic heterocycles. The monoisotopic (exact) mass is 502 g/mol. The predicted molar refractivity (Wildman–Crippen MR) is 137 cm³/mol. The van der Waals surface area contributed by atoms with Crippen LogP contribution in [-0.4, -0.2) is 18.2 Å². The number of rotatable bonds is 5. The first-order valence-corrected chi connectivity index (χ1v) is 14.8. The molecule has 3 saturated carbocycles. The second-order valence-electron chi connectivity index (χ2n) is 12.3. The highest BCUT2D eigenvalue weighted by Gasteiger charge is 2.37. The van der Waals surface area contributed by atoms with Crippen molar-refractivity contribution in [2.45, 2.75) is 128 Å². The van der Waals surface area contributed by atoms with E-state index >= 15 is 8.78 Å². The average Bonchev–Trinajstić information content (AvgIpc) is 2.91. The van der Waals surface area contributed by atoms with E-state index in [1.54, 1.807) is 0 Å². The van der Waals surface area contributed by atoms with E-state index in [2.05, 4.69) is 13.8 Å². The van der Waals surface area contributed by atoms with Crippen LogP contribution in [0.1, 0.15) is 121 Å². The molecule has 5 rings (SSSR count). The van der Waals surface area contributed by atoms with Gasteiger partial charge in [0.05, 0.1) is 5.92 Å². The zero-order valence-corrected chi connectivity index (χ0v) is 22.2. The predicted octanol–water partition coefficient (Wildman–Crippen LogP) is 8.27. The molecule has 1 heterocycles. The van der Waals surface area contributed by atoms with E-state index in [9.17, 15) is 4.79 Å². The Morgan fingerprint density at radius 2 is 1.61 bits per heavy atom. The quantitative estimate of drug-likeness (QED) is 0.380. The molecule has 3 fully saturated rings. The molecule has 3 aliphatic carbocycles. The zero-order chi connectivity index (χ0) is 25.2. The van der Waals surface area contributed by atoms with Gasteiger partial charge in [-0.1, -0.05) is 33.1 Å². The third-order valence-electron chi connectivity index (χ3n) is 9.97.